The molecule has 8 nitrogen and oxygen atoms in total. The Kier molecular flexibility index (Phi) is 7.72. The smallest absolute Gasteiger partial charge is 0.256 e. The minimum Gasteiger partial charge on any atom is -0.321 e. The van der Waals surface area contributed by atoms with E-state index in [0.717, 1.165) is 30.2 Å². The van der Waals surface area contributed by atoms with Crippen molar-refractivity contribution in [3.05, 3.63) is 53.3 Å². The molecule has 1 aliphatic rings. The lowest BCUT2D eigenvalue weighted by Gasteiger charge is -2.17. The minimum absolute atomic E-state index is 0.122. The number of benzene rings is 2. The van der Waals surface area contributed by atoms with E-state index in [1.54, 1.807) is 31.3 Å². The SMILES string of the molecule is CONc1ccc(S/C(=N/N)N(C)N)c(C(=O)Nc2ccc(C3CCCC3)cc2F)c1. The van der Waals surface area contributed by atoms with Crippen LogP contribution in [-0.4, -0.2) is 30.2 Å². The Balaban J connectivity index is 1.86. The standard InChI is InChI=1S/C21H27FN6O2S/c1-28(24)21(26-23)31-19-10-8-15(27-30-2)12-16(19)20(29)25-18-9-7-14(11-17(18)22)13-5-3-4-6-13/h7-13,27H,3-6,23-24H2,1-2H3,(H,25,29)/b26-21+. The highest BCUT2D eigenvalue weighted by Crippen LogP contribution is 2.35. The number of carbonyl (C=O) groups excluding carboxylic acids is 1. The van der Waals surface area contributed by atoms with E-state index in [-0.39, 0.29) is 11.3 Å². The third-order valence-electron chi connectivity index (χ3n) is 5.13. The van der Waals surface area contributed by atoms with Crippen molar-refractivity contribution in [3.8, 4) is 0 Å². The maximum atomic E-state index is 14.7. The van der Waals surface area contributed by atoms with Crippen LogP contribution in [0.3, 0.4) is 0 Å². The highest BCUT2D eigenvalue weighted by Gasteiger charge is 2.20. The molecule has 1 amide bonds. The summed E-state index contributed by atoms with van der Waals surface area (Å²) in [6.07, 6.45) is 4.49. The van der Waals surface area contributed by atoms with Crippen molar-refractivity contribution >= 4 is 34.2 Å². The molecule has 166 valence electrons. The topological polar surface area (TPSA) is 118 Å². The monoisotopic (exact) mass is 446 g/mol. The van der Waals surface area contributed by atoms with Crippen LogP contribution < -0.4 is 22.5 Å². The second-order valence-electron chi connectivity index (χ2n) is 7.32. The number of anilines is 2. The van der Waals surface area contributed by atoms with Crippen molar-refractivity contribution in [2.24, 2.45) is 16.8 Å². The molecule has 31 heavy (non-hydrogen) atoms. The molecule has 0 heterocycles. The molecule has 2 aromatic rings. The molecule has 0 radical (unpaired) electrons. The highest BCUT2D eigenvalue weighted by atomic mass is 32.2. The van der Waals surface area contributed by atoms with E-state index in [4.69, 9.17) is 16.5 Å². The number of rotatable bonds is 6. The van der Waals surface area contributed by atoms with Gasteiger partial charge in [-0.3, -0.25) is 20.1 Å². The number of nitrogens with zero attached hydrogens (tertiary/aromatic N) is 2. The van der Waals surface area contributed by atoms with Gasteiger partial charge in [-0.05, 0) is 66.4 Å². The maximum absolute atomic E-state index is 14.7. The Hall–Kier alpha value is -2.82. The first-order valence-corrected chi connectivity index (χ1v) is 10.7. The number of amides is 1. The summed E-state index contributed by atoms with van der Waals surface area (Å²) in [5.41, 5.74) is 4.62. The molecule has 0 bridgehead atoms. The molecule has 3 rings (SSSR count). The number of hydrazone groups is 1. The largest absolute Gasteiger partial charge is 0.321 e. The third kappa shape index (κ3) is 5.66. The number of thioether (sulfide) groups is 1. The van der Waals surface area contributed by atoms with Gasteiger partial charge in [0.15, 0.2) is 0 Å². The summed E-state index contributed by atoms with van der Waals surface area (Å²) in [6.45, 7) is 0. The number of amidine groups is 1. The number of nitrogens with two attached hydrogens (primary N) is 2. The molecule has 1 fully saturated rings. The summed E-state index contributed by atoms with van der Waals surface area (Å²) < 4.78 is 14.7. The summed E-state index contributed by atoms with van der Waals surface area (Å²) in [5.74, 6) is 10.6. The van der Waals surface area contributed by atoms with Crippen LogP contribution in [0.4, 0.5) is 15.8 Å². The second kappa shape index (κ2) is 10.5. The third-order valence-corrected chi connectivity index (χ3v) is 6.28. The van der Waals surface area contributed by atoms with Crippen LogP contribution in [0.5, 0.6) is 0 Å². The van der Waals surface area contributed by atoms with E-state index in [2.05, 4.69) is 15.9 Å². The van der Waals surface area contributed by atoms with Crippen LogP contribution in [0.15, 0.2) is 46.4 Å². The normalized spacial score (nSPS) is 14.5. The molecule has 0 saturated heterocycles. The summed E-state index contributed by atoms with van der Waals surface area (Å²) in [7, 11) is 3.05. The number of hydrazine groups is 1. The van der Waals surface area contributed by atoms with E-state index < -0.39 is 11.7 Å². The van der Waals surface area contributed by atoms with Gasteiger partial charge in [0.2, 0.25) is 5.17 Å². The lowest BCUT2D eigenvalue weighted by Crippen LogP contribution is -2.32. The summed E-state index contributed by atoms with van der Waals surface area (Å²) >= 11 is 1.12. The molecule has 0 unspecified atom stereocenters. The summed E-state index contributed by atoms with van der Waals surface area (Å²) in [5, 5.41) is 7.84. The van der Waals surface area contributed by atoms with Crippen molar-refractivity contribution in [2.75, 3.05) is 25.0 Å². The molecule has 0 spiro atoms. The predicted molar refractivity (Wildman–Crippen MR) is 122 cm³/mol. The molecule has 0 aromatic heterocycles. The van der Waals surface area contributed by atoms with Gasteiger partial charge in [-0.1, -0.05) is 18.9 Å². The van der Waals surface area contributed by atoms with E-state index >= 15 is 0 Å². The van der Waals surface area contributed by atoms with Crippen molar-refractivity contribution in [2.45, 2.75) is 36.5 Å². The van der Waals surface area contributed by atoms with Gasteiger partial charge < -0.3 is 11.2 Å². The lowest BCUT2D eigenvalue weighted by molar-refractivity contribution is 0.102. The first-order chi connectivity index (χ1) is 14.9. The van der Waals surface area contributed by atoms with E-state index in [9.17, 15) is 9.18 Å². The van der Waals surface area contributed by atoms with Gasteiger partial charge in [0.05, 0.1) is 24.0 Å². The van der Waals surface area contributed by atoms with Crippen LogP contribution in [0.25, 0.3) is 0 Å². The zero-order chi connectivity index (χ0) is 22.4. The number of hydrogen-bond acceptors (Lipinski definition) is 7. The first-order valence-electron chi connectivity index (χ1n) is 9.91. The second-order valence-corrected chi connectivity index (χ2v) is 8.33. The van der Waals surface area contributed by atoms with Crippen LogP contribution >= 0.6 is 11.8 Å². The molecular formula is C21H27FN6O2S. The number of nitrogens with one attached hydrogen (secondary N) is 2. The quantitative estimate of drug-likeness (QED) is 0.175. The van der Waals surface area contributed by atoms with Crippen molar-refractivity contribution in [3.63, 3.8) is 0 Å². The fourth-order valence-corrected chi connectivity index (χ4v) is 4.39. The van der Waals surface area contributed by atoms with Crippen LogP contribution in [0.1, 0.15) is 47.5 Å². The molecular weight excluding hydrogens is 419 g/mol. The van der Waals surface area contributed by atoms with Gasteiger partial charge in [0.25, 0.3) is 5.91 Å². The van der Waals surface area contributed by atoms with E-state index in [1.807, 2.05) is 6.07 Å². The molecule has 6 N–H and O–H groups in total. The average Bonchev–Trinajstić information content (AvgIpc) is 3.29. The van der Waals surface area contributed by atoms with Crippen LogP contribution in [0, 0.1) is 5.82 Å². The highest BCUT2D eigenvalue weighted by molar-refractivity contribution is 8.13. The van der Waals surface area contributed by atoms with Crippen molar-refractivity contribution in [1.82, 2.24) is 5.01 Å². The Morgan fingerprint density at radius 3 is 2.61 bits per heavy atom. The number of halogens is 1. The molecule has 0 aliphatic heterocycles. The predicted octanol–water partition coefficient (Wildman–Crippen LogP) is 3.84. The van der Waals surface area contributed by atoms with Gasteiger partial charge in [-0.25, -0.2) is 10.2 Å². The summed E-state index contributed by atoms with van der Waals surface area (Å²) in [6, 6.07) is 10.0. The minimum atomic E-state index is -0.481. The molecule has 2 aromatic carbocycles. The zero-order valence-corrected chi connectivity index (χ0v) is 18.3. The van der Waals surface area contributed by atoms with Gasteiger partial charge >= 0.3 is 0 Å². The van der Waals surface area contributed by atoms with Crippen LogP contribution in [0.2, 0.25) is 0 Å². The number of carbonyl (C=O) groups is 1. The van der Waals surface area contributed by atoms with Gasteiger partial charge in [0.1, 0.15) is 5.82 Å². The van der Waals surface area contributed by atoms with E-state index in [1.165, 1.54) is 31.0 Å². The van der Waals surface area contributed by atoms with Gasteiger partial charge in [0, 0.05) is 11.9 Å². The average molecular weight is 447 g/mol. The van der Waals surface area contributed by atoms with Crippen molar-refractivity contribution < 1.29 is 14.0 Å². The maximum Gasteiger partial charge on any atom is 0.256 e. The summed E-state index contributed by atoms with van der Waals surface area (Å²) in [4.78, 5) is 18.5. The Labute approximate surface area is 185 Å². The fourth-order valence-electron chi connectivity index (χ4n) is 3.60. The fraction of sp³-hybridized carbons (Fsp3) is 0.333. The lowest BCUT2D eigenvalue weighted by atomic mass is 9.97. The Morgan fingerprint density at radius 2 is 2.00 bits per heavy atom. The molecule has 10 heteroatoms. The Bertz CT molecular complexity index is 963. The Morgan fingerprint density at radius 1 is 1.26 bits per heavy atom. The van der Waals surface area contributed by atoms with Gasteiger partial charge in [-0.2, -0.15) is 5.10 Å². The zero-order valence-electron chi connectivity index (χ0n) is 17.5. The first kappa shape index (κ1) is 22.9. The van der Waals surface area contributed by atoms with Crippen molar-refractivity contribution in [1.29, 1.82) is 0 Å². The molecule has 0 atom stereocenters. The molecule has 1 aliphatic carbocycles. The number of hydrogen-bond donors (Lipinski definition) is 4. The molecule has 1 saturated carbocycles. The van der Waals surface area contributed by atoms with Crippen LogP contribution in [-0.2, 0) is 4.84 Å². The van der Waals surface area contributed by atoms with Gasteiger partial charge in [-0.15, -0.1) is 0 Å². The van der Waals surface area contributed by atoms with E-state index in [0.29, 0.717) is 21.7 Å².